The first kappa shape index (κ1) is 14.4. The van der Waals surface area contributed by atoms with Crippen molar-refractivity contribution in [1.29, 1.82) is 0 Å². The molecule has 22 heavy (non-hydrogen) atoms. The van der Waals surface area contributed by atoms with Gasteiger partial charge in [0.05, 0.1) is 23.1 Å². The van der Waals surface area contributed by atoms with Crippen molar-refractivity contribution in [2.24, 2.45) is 0 Å². The van der Waals surface area contributed by atoms with Crippen molar-refractivity contribution in [2.45, 2.75) is 20.3 Å². The predicted octanol–water partition coefficient (Wildman–Crippen LogP) is 2.85. The van der Waals surface area contributed by atoms with E-state index >= 15 is 0 Å². The van der Waals surface area contributed by atoms with Crippen LogP contribution in [0.1, 0.15) is 28.0 Å². The molecule has 3 aromatic rings. The smallest absolute Gasteiger partial charge is 0.260 e. The van der Waals surface area contributed by atoms with E-state index in [2.05, 4.69) is 20.6 Å². The van der Waals surface area contributed by atoms with Crippen LogP contribution in [0.4, 0.5) is 5.13 Å². The Morgan fingerprint density at radius 2 is 2.05 bits per heavy atom. The molecule has 0 saturated heterocycles. The maximum Gasteiger partial charge on any atom is 0.260 e. The fourth-order valence-electron chi connectivity index (χ4n) is 2.07. The predicted molar refractivity (Wildman–Crippen MR) is 85.5 cm³/mol. The molecule has 0 bridgehead atoms. The standard InChI is InChI=1S/C15H15N5OS/c1-3-13-18-19-15(22-13)17-14(21)12-9-16-20(10(12)2)11-7-5-4-6-8-11/h4-9H,3H2,1-2H3,(H,17,19,21). The van der Waals surface area contributed by atoms with Crippen LogP contribution in [0.15, 0.2) is 36.5 Å². The lowest BCUT2D eigenvalue weighted by Crippen LogP contribution is -2.13. The molecule has 6 nitrogen and oxygen atoms in total. The lowest BCUT2D eigenvalue weighted by atomic mass is 10.2. The van der Waals surface area contributed by atoms with E-state index < -0.39 is 0 Å². The summed E-state index contributed by atoms with van der Waals surface area (Å²) >= 11 is 1.38. The minimum absolute atomic E-state index is 0.224. The van der Waals surface area contributed by atoms with Crippen molar-refractivity contribution in [1.82, 2.24) is 20.0 Å². The van der Waals surface area contributed by atoms with E-state index in [0.29, 0.717) is 10.7 Å². The fourth-order valence-corrected chi connectivity index (χ4v) is 2.75. The third-order valence-electron chi connectivity index (χ3n) is 3.24. The van der Waals surface area contributed by atoms with E-state index in [1.807, 2.05) is 44.2 Å². The Bertz CT molecular complexity index is 793. The number of nitrogens with one attached hydrogen (secondary N) is 1. The number of para-hydroxylation sites is 1. The summed E-state index contributed by atoms with van der Waals surface area (Å²) in [5.74, 6) is -0.224. The summed E-state index contributed by atoms with van der Waals surface area (Å²) in [6, 6.07) is 9.70. The summed E-state index contributed by atoms with van der Waals surface area (Å²) in [6.45, 7) is 3.87. The monoisotopic (exact) mass is 313 g/mol. The molecule has 2 heterocycles. The van der Waals surface area contributed by atoms with Crippen molar-refractivity contribution in [3.05, 3.63) is 52.8 Å². The van der Waals surface area contributed by atoms with Crippen molar-refractivity contribution in [2.75, 3.05) is 5.32 Å². The first-order valence-electron chi connectivity index (χ1n) is 6.93. The number of hydrogen-bond acceptors (Lipinski definition) is 5. The topological polar surface area (TPSA) is 72.7 Å². The van der Waals surface area contributed by atoms with E-state index in [4.69, 9.17) is 0 Å². The van der Waals surface area contributed by atoms with Gasteiger partial charge in [-0.3, -0.25) is 10.1 Å². The molecule has 0 atom stereocenters. The third-order valence-corrected chi connectivity index (χ3v) is 4.23. The van der Waals surface area contributed by atoms with Gasteiger partial charge < -0.3 is 0 Å². The quantitative estimate of drug-likeness (QED) is 0.804. The minimum Gasteiger partial charge on any atom is -0.296 e. The number of carbonyl (C=O) groups is 1. The van der Waals surface area contributed by atoms with E-state index in [0.717, 1.165) is 22.8 Å². The summed E-state index contributed by atoms with van der Waals surface area (Å²) < 4.78 is 1.74. The molecule has 1 N–H and O–H groups in total. The molecule has 0 saturated carbocycles. The number of anilines is 1. The third kappa shape index (κ3) is 2.75. The summed E-state index contributed by atoms with van der Waals surface area (Å²) in [6.07, 6.45) is 2.37. The molecule has 0 aliphatic heterocycles. The largest absolute Gasteiger partial charge is 0.296 e. The lowest BCUT2D eigenvalue weighted by Gasteiger charge is -2.05. The Balaban J connectivity index is 1.83. The highest BCUT2D eigenvalue weighted by Crippen LogP contribution is 2.18. The van der Waals surface area contributed by atoms with Gasteiger partial charge in [0.1, 0.15) is 5.01 Å². The van der Waals surface area contributed by atoms with Gasteiger partial charge in [0, 0.05) is 0 Å². The van der Waals surface area contributed by atoms with Crippen LogP contribution in [0.5, 0.6) is 0 Å². The van der Waals surface area contributed by atoms with Gasteiger partial charge >= 0.3 is 0 Å². The number of aryl methyl sites for hydroxylation is 1. The summed E-state index contributed by atoms with van der Waals surface area (Å²) in [7, 11) is 0. The molecular weight excluding hydrogens is 298 g/mol. The van der Waals surface area contributed by atoms with E-state index in [1.54, 1.807) is 10.9 Å². The summed E-state index contributed by atoms with van der Waals surface area (Å²) in [5.41, 5.74) is 2.23. The van der Waals surface area contributed by atoms with Crippen LogP contribution in [-0.2, 0) is 6.42 Å². The number of hydrogen-bond donors (Lipinski definition) is 1. The Labute approximate surface area is 131 Å². The van der Waals surface area contributed by atoms with Gasteiger partial charge in [0.25, 0.3) is 5.91 Å². The number of benzene rings is 1. The maximum absolute atomic E-state index is 12.4. The minimum atomic E-state index is -0.224. The zero-order chi connectivity index (χ0) is 15.5. The number of amides is 1. The van der Waals surface area contributed by atoms with Crippen molar-refractivity contribution >= 4 is 22.4 Å². The molecule has 0 spiro atoms. The van der Waals surface area contributed by atoms with Gasteiger partial charge in [-0.1, -0.05) is 36.5 Å². The Kier molecular flexibility index (Phi) is 3.97. The van der Waals surface area contributed by atoms with Crippen molar-refractivity contribution < 1.29 is 4.79 Å². The van der Waals surface area contributed by atoms with Crippen LogP contribution in [-0.4, -0.2) is 25.9 Å². The van der Waals surface area contributed by atoms with Crippen LogP contribution < -0.4 is 5.32 Å². The van der Waals surface area contributed by atoms with Gasteiger partial charge in [-0.2, -0.15) is 5.10 Å². The molecule has 0 aliphatic rings. The molecular formula is C15H15N5OS. The SMILES string of the molecule is CCc1nnc(NC(=O)c2cnn(-c3ccccc3)c2C)s1. The highest BCUT2D eigenvalue weighted by Gasteiger charge is 2.16. The molecule has 3 rings (SSSR count). The van der Waals surface area contributed by atoms with Crippen LogP contribution >= 0.6 is 11.3 Å². The molecule has 0 fully saturated rings. The summed E-state index contributed by atoms with van der Waals surface area (Å²) in [5, 5.41) is 16.4. The maximum atomic E-state index is 12.4. The highest BCUT2D eigenvalue weighted by molar-refractivity contribution is 7.15. The lowest BCUT2D eigenvalue weighted by molar-refractivity contribution is 0.102. The molecule has 1 amide bonds. The van der Waals surface area contributed by atoms with Crippen LogP contribution in [0.2, 0.25) is 0 Å². The Morgan fingerprint density at radius 1 is 1.27 bits per heavy atom. The van der Waals surface area contributed by atoms with E-state index in [-0.39, 0.29) is 5.91 Å². The molecule has 0 aliphatic carbocycles. The average molecular weight is 313 g/mol. The number of carbonyl (C=O) groups excluding carboxylic acids is 1. The Hall–Kier alpha value is -2.54. The molecule has 0 unspecified atom stereocenters. The number of rotatable bonds is 4. The van der Waals surface area contributed by atoms with Gasteiger partial charge in [-0.15, -0.1) is 10.2 Å². The molecule has 7 heteroatoms. The van der Waals surface area contributed by atoms with E-state index in [9.17, 15) is 4.79 Å². The number of nitrogens with zero attached hydrogens (tertiary/aromatic N) is 4. The molecule has 0 radical (unpaired) electrons. The van der Waals surface area contributed by atoms with Crippen LogP contribution in [0, 0.1) is 6.92 Å². The van der Waals surface area contributed by atoms with Gasteiger partial charge in [0.2, 0.25) is 5.13 Å². The average Bonchev–Trinajstić information content (AvgIpc) is 3.14. The Morgan fingerprint density at radius 3 is 2.73 bits per heavy atom. The summed E-state index contributed by atoms with van der Waals surface area (Å²) in [4.78, 5) is 12.4. The van der Waals surface area contributed by atoms with Crippen molar-refractivity contribution in [3.8, 4) is 5.69 Å². The highest BCUT2D eigenvalue weighted by atomic mass is 32.1. The second-order valence-corrected chi connectivity index (χ2v) is 5.76. The molecule has 1 aromatic carbocycles. The first-order valence-corrected chi connectivity index (χ1v) is 7.74. The second kappa shape index (κ2) is 6.07. The van der Waals surface area contributed by atoms with Crippen LogP contribution in [0.3, 0.4) is 0 Å². The molecule has 2 aromatic heterocycles. The van der Waals surface area contributed by atoms with Crippen molar-refractivity contribution in [3.63, 3.8) is 0 Å². The second-order valence-electron chi connectivity index (χ2n) is 4.70. The number of aromatic nitrogens is 4. The van der Waals surface area contributed by atoms with Gasteiger partial charge in [-0.25, -0.2) is 4.68 Å². The van der Waals surface area contributed by atoms with Gasteiger partial charge in [-0.05, 0) is 25.5 Å². The first-order chi connectivity index (χ1) is 10.7. The van der Waals surface area contributed by atoms with Crippen LogP contribution in [0.25, 0.3) is 5.69 Å². The molecule has 112 valence electrons. The zero-order valence-corrected chi connectivity index (χ0v) is 13.1. The van der Waals surface area contributed by atoms with E-state index in [1.165, 1.54) is 11.3 Å². The van der Waals surface area contributed by atoms with Gasteiger partial charge in [0.15, 0.2) is 0 Å². The normalized spacial score (nSPS) is 10.6. The fraction of sp³-hybridized carbons (Fsp3) is 0.200. The zero-order valence-electron chi connectivity index (χ0n) is 12.3.